The summed E-state index contributed by atoms with van der Waals surface area (Å²) < 4.78 is 23.7. The first-order valence-electron chi connectivity index (χ1n) is 7.41. The smallest absolute Gasteiger partial charge is 0.150 e. The van der Waals surface area contributed by atoms with E-state index in [1.54, 1.807) is 0 Å². The Bertz CT molecular complexity index is 541. The van der Waals surface area contributed by atoms with Crippen molar-refractivity contribution in [3.63, 3.8) is 0 Å². The van der Waals surface area contributed by atoms with Crippen LogP contribution in [-0.2, 0) is 15.4 Å². The van der Waals surface area contributed by atoms with Crippen LogP contribution >= 0.6 is 0 Å². The highest BCUT2D eigenvalue weighted by Gasteiger charge is 2.40. The van der Waals surface area contributed by atoms with E-state index in [-0.39, 0.29) is 11.2 Å². The Morgan fingerprint density at radius 2 is 1.90 bits per heavy atom. The molecule has 1 aromatic carbocycles. The van der Waals surface area contributed by atoms with Crippen LogP contribution in [0.2, 0.25) is 0 Å². The van der Waals surface area contributed by atoms with Gasteiger partial charge in [-0.2, -0.15) is 0 Å². The molecule has 3 atom stereocenters. The van der Waals surface area contributed by atoms with Crippen molar-refractivity contribution in [2.75, 3.05) is 6.26 Å². The fraction of sp³-hybridized carbons (Fsp3) is 0.625. The van der Waals surface area contributed by atoms with Crippen molar-refractivity contribution in [3.8, 4) is 0 Å². The maximum absolute atomic E-state index is 11.8. The lowest BCUT2D eigenvalue weighted by Gasteiger charge is -2.41. The second-order valence-electron chi connectivity index (χ2n) is 6.08. The molecule has 2 N–H and O–H groups in total. The van der Waals surface area contributed by atoms with E-state index in [0.717, 1.165) is 31.2 Å². The summed E-state index contributed by atoms with van der Waals surface area (Å²) >= 11 is 0. The molecule has 1 saturated carbocycles. The summed E-state index contributed by atoms with van der Waals surface area (Å²) in [7, 11) is -2.97. The molecule has 0 bridgehead atoms. The average molecular weight is 295 g/mol. The van der Waals surface area contributed by atoms with Crippen LogP contribution in [0.1, 0.15) is 44.6 Å². The van der Waals surface area contributed by atoms with Gasteiger partial charge in [0, 0.05) is 11.8 Å². The quantitative estimate of drug-likeness (QED) is 0.929. The third-order valence-corrected chi connectivity index (χ3v) is 6.50. The van der Waals surface area contributed by atoms with Crippen molar-refractivity contribution in [1.82, 2.24) is 0 Å². The van der Waals surface area contributed by atoms with Gasteiger partial charge in [0.2, 0.25) is 0 Å². The zero-order valence-electron chi connectivity index (χ0n) is 12.4. The Balaban J connectivity index is 2.28. The van der Waals surface area contributed by atoms with E-state index in [2.05, 4.69) is 19.1 Å². The highest BCUT2D eigenvalue weighted by Crippen LogP contribution is 2.41. The molecule has 3 unspecified atom stereocenters. The summed E-state index contributed by atoms with van der Waals surface area (Å²) in [6.45, 7) is 2.09. The highest BCUT2D eigenvalue weighted by molar-refractivity contribution is 7.91. The number of nitrogens with two attached hydrogens (primary N) is 1. The minimum absolute atomic E-state index is 0.223. The fourth-order valence-corrected chi connectivity index (χ4v) is 4.66. The summed E-state index contributed by atoms with van der Waals surface area (Å²) in [5.74, 6) is 0.239. The van der Waals surface area contributed by atoms with E-state index >= 15 is 0 Å². The van der Waals surface area contributed by atoms with Gasteiger partial charge in [-0.05, 0) is 37.2 Å². The second-order valence-corrected chi connectivity index (χ2v) is 8.40. The minimum atomic E-state index is -2.97. The molecule has 0 aromatic heterocycles. The van der Waals surface area contributed by atoms with Crippen molar-refractivity contribution < 1.29 is 8.42 Å². The molecule has 4 heteroatoms. The zero-order chi connectivity index (χ0) is 14.8. The topological polar surface area (TPSA) is 60.2 Å². The van der Waals surface area contributed by atoms with E-state index in [4.69, 9.17) is 5.73 Å². The van der Waals surface area contributed by atoms with Gasteiger partial charge in [-0.25, -0.2) is 8.42 Å². The molecule has 0 amide bonds. The average Bonchev–Trinajstić information content (AvgIpc) is 2.46. The molecule has 1 fully saturated rings. The second kappa shape index (κ2) is 5.86. The van der Waals surface area contributed by atoms with Crippen molar-refractivity contribution in [2.45, 2.75) is 49.8 Å². The van der Waals surface area contributed by atoms with Crippen molar-refractivity contribution in [1.29, 1.82) is 0 Å². The van der Waals surface area contributed by atoms with Crippen LogP contribution in [0.3, 0.4) is 0 Å². The number of benzene rings is 1. The molecule has 0 spiro atoms. The van der Waals surface area contributed by atoms with Crippen LogP contribution in [0.25, 0.3) is 0 Å². The molecule has 0 aliphatic heterocycles. The third kappa shape index (κ3) is 3.07. The first-order chi connectivity index (χ1) is 9.38. The molecule has 1 aromatic rings. The highest BCUT2D eigenvalue weighted by atomic mass is 32.2. The number of hydrogen-bond acceptors (Lipinski definition) is 3. The number of sulfone groups is 1. The van der Waals surface area contributed by atoms with E-state index < -0.39 is 15.4 Å². The molecule has 3 nitrogen and oxygen atoms in total. The van der Waals surface area contributed by atoms with E-state index in [9.17, 15) is 8.42 Å². The largest absolute Gasteiger partial charge is 0.321 e. The predicted molar refractivity (Wildman–Crippen MR) is 83.2 cm³/mol. The van der Waals surface area contributed by atoms with Gasteiger partial charge in [0.25, 0.3) is 0 Å². The molecule has 1 aliphatic carbocycles. The Morgan fingerprint density at radius 1 is 1.25 bits per heavy atom. The lowest BCUT2D eigenvalue weighted by Crippen LogP contribution is -2.47. The molecular weight excluding hydrogens is 270 g/mol. The number of rotatable bonds is 4. The molecule has 20 heavy (non-hydrogen) atoms. The van der Waals surface area contributed by atoms with Gasteiger partial charge in [0.15, 0.2) is 0 Å². The Hall–Kier alpha value is -0.870. The third-order valence-electron chi connectivity index (χ3n) is 4.86. The van der Waals surface area contributed by atoms with E-state index in [1.807, 2.05) is 18.2 Å². The summed E-state index contributed by atoms with van der Waals surface area (Å²) in [5, 5.41) is -0.223. The minimum Gasteiger partial charge on any atom is -0.321 e. The van der Waals surface area contributed by atoms with Gasteiger partial charge in [-0.1, -0.05) is 43.7 Å². The fourth-order valence-electron chi connectivity index (χ4n) is 3.48. The van der Waals surface area contributed by atoms with Crippen LogP contribution in [0.15, 0.2) is 30.3 Å². The van der Waals surface area contributed by atoms with Crippen molar-refractivity contribution in [3.05, 3.63) is 35.9 Å². The maximum Gasteiger partial charge on any atom is 0.150 e. The summed E-state index contributed by atoms with van der Waals surface area (Å²) in [6.07, 6.45) is 5.63. The summed E-state index contributed by atoms with van der Waals surface area (Å²) in [6, 6.07) is 10.1. The van der Waals surface area contributed by atoms with Crippen LogP contribution in [0.4, 0.5) is 0 Å². The summed E-state index contributed by atoms with van der Waals surface area (Å²) in [5.41, 5.74) is 7.42. The molecule has 2 rings (SSSR count). The zero-order valence-corrected chi connectivity index (χ0v) is 13.2. The number of hydrogen-bond donors (Lipinski definition) is 1. The predicted octanol–water partition coefficient (Wildman–Crippen LogP) is 2.85. The van der Waals surface area contributed by atoms with Gasteiger partial charge >= 0.3 is 0 Å². The normalized spacial score (nSPS) is 26.9. The van der Waals surface area contributed by atoms with Gasteiger partial charge in [-0.15, -0.1) is 0 Å². The van der Waals surface area contributed by atoms with Crippen molar-refractivity contribution in [2.24, 2.45) is 11.7 Å². The first kappa shape index (κ1) is 15.5. The van der Waals surface area contributed by atoms with Crippen LogP contribution in [0, 0.1) is 5.92 Å². The Kier molecular flexibility index (Phi) is 4.55. The van der Waals surface area contributed by atoms with Gasteiger partial charge in [-0.3, -0.25) is 0 Å². The standard InChI is InChI=1S/C16H25NO2S/c1-3-16(17,13-8-5-4-6-9-13)14-10-7-11-15(12-14)20(2,18)19/h4-6,8-9,14-15H,3,7,10-12,17H2,1-2H3. The van der Waals surface area contributed by atoms with E-state index in [1.165, 1.54) is 6.26 Å². The van der Waals surface area contributed by atoms with Crippen LogP contribution in [-0.4, -0.2) is 19.9 Å². The van der Waals surface area contributed by atoms with Crippen molar-refractivity contribution >= 4 is 9.84 Å². The van der Waals surface area contributed by atoms with E-state index in [0.29, 0.717) is 6.42 Å². The first-order valence-corrected chi connectivity index (χ1v) is 9.36. The maximum atomic E-state index is 11.8. The molecule has 112 valence electrons. The van der Waals surface area contributed by atoms with Crippen LogP contribution < -0.4 is 5.73 Å². The van der Waals surface area contributed by atoms with Gasteiger partial charge in [0.1, 0.15) is 9.84 Å². The monoisotopic (exact) mass is 295 g/mol. The molecular formula is C16H25NO2S. The SMILES string of the molecule is CCC(N)(c1ccccc1)C1CCCC(S(C)(=O)=O)C1. The molecule has 0 saturated heterocycles. The summed E-state index contributed by atoms with van der Waals surface area (Å²) in [4.78, 5) is 0. The lowest BCUT2D eigenvalue weighted by atomic mass is 9.70. The molecule has 0 radical (unpaired) electrons. The van der Waals surface area contributed by atoms with Gasteiger partial charge < -0.3 is 5.73 Å². The lowest BCUT2D eigenvalue weighted by molar-refractivity contribution is 0.201. The molecule has 1 aliphatic rings. The molecule has 0 heterocycles. The Labute approximate surface area is 122 Å². The van der Waals surface area contributed by atoms with Gasteiger partial charge in [0.05, 0.1) is 5.25 Å². The Morgan fingerprint density at radius 3 is 2.45 bits per heavy atom. The van der Waals surface area contributed by atoms with Crippen LogP contribution in [0.5, 0.6) is 0 Å².